The molecule has 4 rings (SSSR count). The Morgan fingerprint density at radius 1 is 1.19 bits per heavy atom. The molecule has 0 bridgehead atoms. The first-order valence-corrected chi connectivity index (χ1v) is 7.02. The van der Waals surface area contributed by atoms with Gasteiger partial charge in [-0.05, 0) is 40.1 Å². The lowest BCUT2D eigenvalue weighted by molar-refractivity contribution is 0.315. The van der Waals surface area contributed by atoms with Gasteiger partial charge >= 0.3 is 5.69 Å². The van der Waals surface area contributed by atoms with Crippen molar-refractivity contribution in [3.05, 3.63) is 52.0 Å². The maximum absolute atomic E-state index is 11.4. The Hall–Kier alpha value is -2.74. The van der Waals surface area contributed by atoms with Crippen molar-refractivity contribution in [3.8, 4) is 10.4 Å². The van der Waals surface area contributed by atoms with Crippen molar-refractivity contribution >= 4 is 22.4 Å². The number of H-pyrrole nitrogens is 1. The molecule has 104 valence electrons. The van der Waals surface area contributed by atoms with Gasteiger partial charge in [0.15, 0.2) is 0 Å². The van der Waals surface area contributed by atoms with Gasteiger partial charge in [-0.1, -0.05) is 6.07 Å². The minimum atomic E-state index is -0.208. The van der Waals surface area contributed by atoms with Gasteiger partial charge in [-0.15, -0.1) is 11.3 Å². The summed E-state index contributed by atoms with van der Waals surface area (Å²) in [5.74, 6) is 0. The van der Waals surface area contributed by atoms with Crippen LogP contribution in [0.4, 0.5) is 0 Å². The number of rotatable bonds is 3. The molecular weight excluding hydrogens is 290 g/mol. The highest BCUT2D eigenvalue weighted by Gasteiger charge is 2.07. The lowest BCUT2D eigenvalue weighted by atomic mass is 10.1. The molecule has 0 aliphatic rings. The van der Waals surface area contributed by atoms with E-state index in [1.807, 2.05) is 30.3 Å². The molecule has 0 saturated carbocycles. The van der Waals surface area contributed by atoms with Gasteiger partial charge in [0.2, 0.25) is 0 Å². The predicted octanol–water partition coefficient (Wildman–Crippen LogP) is 1.88. The number of benzene rings is 1. The van der Waals surface area contributed by atoms with Crippen LogP contribution in [0.5, 0.6) is 0 Å². The number of nitrogens with zero attached hydrogens (tertiary/aromatic N) is 4. The Morgan fingerprint density at radius 2 is 2.10 bits per heavy atom. The van der Waals surface area contributed by atoms with E-state index >= 15 is 0 Å². The number of hydrogen-bond donors (Lipinski definition) is 1. The van der Waals surface area contributed by atoms with E-state index in [0.29, 0.717) is 6.54 Å². The first-order valence-electron chi connectivity index (χ1n) is 6.21. The van der Waals surface area contributed by atoms with E-state index in [0.717, 1.165) is 26.4 Å². The molecule has 21 heavy (non-hydrogen) atoms. The van der Waals surface area contributed by atoms with Crippen molar-refractivity contribution in [2.45, 2.75) is 6.54 Å². The van der Waals surface area contributed by atoms with E-state index in [2.05, 4.69) is 20.5 Å². The molecule has 0 saturated heterocycles. The molecule has 0 radical (unpaired) electrons. The van der Waals surface area contributed by atoms with E-state index in [4.69, 9.17) is 4.63 Å². The van der Waals surface area contributed by atoms with E-state index in [-0.39, 0.29) is 5.69 Å². The van der Waals surface area contributed by atoms with Crippen LogP contribution in [0, 0.1) is 0 Å². The number of nitrogens with one attached hydrogen (secondary N) is 1. The summed E-state index contributed by atoms with van der Waals surface area (Å²) in [6.45, 7) is 0.508. The zero-order chi connectivity index (χ0) is 14.2. The average Bonchev–Trinajstić information content (AvgIpc) is 3.20. The van der Waals surface area contributed by atoms with Gasteiger partial charge in [0, 0.05) is 9.75 Å². The third kappa shape index (κ3) is 2.15. The van der Waals surface area contributed by atoms with Crippen LogP contribution in [0.15, 0.2) is 46.1 Å². The van der Waals surface area contributed by atoms with Crippen LogP contribution in [0.2, 0.25) is 0 Å². The lowest BCUT2D eigenvalue weighted by Crippen LogP contribution is -2.16. The van der Waals surface area contributed by atoms with Crippen molar-refractivity contribution in [3.63, 3.8) is 0 Å². The zero-order valence-corrected chi connectivity index (χ0v) is 11.5. The van der Waals surface area contributed by atoms with Gasteiger partial charge in [0.05, 0.1) is 6.54 Å². The largest absolute Gasteiger partial charge is 0.343 e. The van der Waals surface area contributed by atoms with Gasteiger partial charge in [0.1, 0.15) is 17.4 Å². The monoisotopic (exact) mass is 299 g/mol. The number of aromatic amines is 1. The summed E-state index contributed by atoms with van der Waals surface area (Å²) in [6.07, 6.45) is 1.49. The zero-order valence-electron chi connectivity index (χ0n) is 10.7. The molecule has 0 unspecified atom stereocenters. The first kappa shape index (κ1) is 12.0. The Morgan fingerprint density at radius 3 is 2.95 bits per heavy atom. The SMILES string of the molecule is O=c1[nH]ncn1Cc1ccc(-c2ccc3nonc3c2)s1. The fraction of sp³-hybridized carbons (Fsp3) is 0.0769. The molecule has 0 spiro atoms. The highest BCUT2D eigenvalue weighted by Crippen LogP contribution is 2.30. The van der Waals surface area contributed by atoms with Gasteiger partial charge in [-0.3, -0.25) is 4.57 Å². The fourth-order valence-electron chi connectivity index (χ4n) is 2.10. The molecule has 0 atom stereocenters. The summed E-state index contributed by atoms with van der Waals surface area (Å²) >= 11 is 1.62. The lowest BCUT2D eigenvalue weighted by Gasteiger charge is -1.97. The third-order valence-electron chi connectivity index (χ3n) is 3.14. The number of thiophene rings is 1. The van der Waals surface area contributed by atoms with Crippen LogP contribution in [0.25, 0.3) is 21.5 Å². The average molecular weight is 299 g/mol. The van der Waals surface area contributed by atoms with Crippen LogP contribution < -0.4 is 5.69 Å². The Bertz CT molecular complexity index is 964. The first-order chi connectivity index (χ1) is 10.3. The van der Waals surface area contributed by atoms with Gasteiger partial charge in [-0.2, -0.15) is 5.10 Å². The summed E-state index contributed by atoms with van der Waals surface area (Å²) in [7, 11) is 0. The molecule has 8 heteroatoms. The predicted molar refractivity (Wildman–Crippen MR) is 77.1 cm³/mol. The van der Waals surface area contributed by atoms with Gasteiger partial charge in [-0.25, -0.2) is 14.5 Å². The number of fused-ring (bicyclic) bond motifs is 1. The number of aromatic nitrogens is 5. The Labute approximate surface area is 121 Å². The molecule has 0 amide bonds. The topological polar surface area (TPSA) is 89.6 Å². The van der Waals surface area contributed by atoms with Gasteiger partial charge < -0.3 is 0 Å². The molecular formula is C13H9N5O2S. The molecule has 7 nitrogen and oxygen atoms in total. The summed E-state index contributed by atoms with van der Waals surface area (Å²) in [5.41, 5.74) is 2.31. The summed E-state index contributed by atoms with van der Waals surface area (Å²) < 4.78 is 6.23. The van der Waals surface area contributed by atoms with E-state index in [1.54, 1.807) is 11.3 Å². The van der Waals surface area contributed by atoms with Crippen LogP contribution in [-0.2, 0) is 6.54 Å². The second-order valence-corrected chi connectivity index (χ2v) is 5.69. The van der Waals surface area contributed by atoms with Crippen molar-refractivity contribution in [1.29, 1.82) is 0 Å². The Balaban J connectivity index is 1.67. The molecule has 0 aliphatic heterocycles. The maximum Gasteiger partial charge on any atom is 0.343 e. The third-order valence-corrected chi connectivity index (χ3v) is 4.26. The summed E-state index contributed by atoms with van der Waals surface area (Å²) in [4.78, 5) is 13.6. The van der Waals surface area contributed by atoms with Crippen LogP contribution in [-0.4, -0.2) is 25.1 Å². The molecule has 4 aromatic rings. The normalized spacial score (nSPS) is 11.2. The minimum Gasteiger partial charge on any atom is -0.276 e. The Kier molecular flexibility index (Phi) is 2.68. The van der Waals surface area contributed by atoms with Crippen molar-refractivity contribution < 1.29 is 4.63 Å². The molecule has 3 heterocycles. The highest BCUT2D eigenvalue weighted by atomic mass is 32.1. The maximum atomic E-state index is 11.4. The van der Waals surface area contributed by atoms with Crippen molar-refractivity contribution in [2.24, 2.45) is 0 Å². The van der Waals surface area contributed by atoms with Crippen molar-refractivity contribution in [2.75, 3.05) is 0 Å². The second kappa shape index (κ2) is 4.67. The van der Waals surface area contributed by atoms with E-state index < -0.39 is 0 Å². The van der Waals surface area contributed by atoms with Crippen LogP contribution in [0.1, 0.15) is 4.88 Å². The quantitative estimate of drug-likeness (QED) is 0.624. The molecule has 1 aromatic carbocycles. The molecule has 0 fully saturated rings. The van der Waals surface area contributed by atoms with Crippen LogP contribution >= 0.6 is 11.3 Å². The minimum absolute atomic E-state index is 0.208. The summed E-state index contributed by atoms with van der Waals surface area (Å²) in [5, 5.41) is 13.7. The standard InChI is InChI=1S/C13H9N5O2S/c19-13-15-14-7-18(13)6-9-2-4-12(21-9)8-1-3-10-11(5-8)17-20-16-10/h1-5,7H,6H2,(H,15,19). The summed E-state index contributed by atoms with van der Waals surface area (Å²) in [6, 6.07) is 9.82. The smallest absolute Gasteiger partial charge is 0.276 e. The number of hydrogen-bond acceptors (Lipinski definition) is 6. The van der Waals surface area contributed by atoms with E-state index in [1.165, 1.54) is 10.9 Å². The van der Waals surface area contributed by atoms with E-state index in [9.17, 15) is 4.79 Å². The second-order valence-electron chi connectivity index (χ2n) is 4.52. The molecule has 1 N–H and O–H groups in total. The molecule has 3 aromatic heterocycles. The molecule has 0 aliphatic carbocycles. The van der Waals surface area contributed by atoms with Gasteiger partial charge in [0.25, 0.3) is 0 Å². The van der Waals surface area contributed by atoms with Crippen molar-refractivity contribution in [1.82, 2.24) is 25.1 Å². The van der Waals surface area contributed by atoms with Crippen LogP contribution in [0.3, 0.4) is 0 Å². The fourth-order valence-corrected chi connectivity index (χ4v) is 3.11. The highest BCUT2D eigenvalue weighted by molar-refractivity contribution is 7.15.